The predicted molar refractivity (Wildman–Crippen MR) is 141 cm³/mol. The number of rotatable bonds is 6. The summed E-state index contributed by atoms with van der Waals surface area (Å²) in [5.41, 5.74) is -11.5. The number of hydrogen-bond donors (Lipinski definition) is 2. The third kappa shape index (κ3) is 13.9. The maximum absolute atomic E-state index is 10.7. The summed E-state index contributed by atoms with van der Waals surface area (Å²) in [5.74, 6) is 1.45. The molecule has 0 aromatic carbocycles. The fraction of sp³-hybridized carbons (Fsp3) is 0.739. The zero-order valence-corrected chi connectivity index (χ0v) is 28.8. The van der Waals surface area contributed by atoms with Crippen LogP contribution in [0, 0.1) is 16.2 Å². The Kier molecular flexibility index (Phi) is 17.9. The van der Waals surface area contributed by atoms with Crippen molar-refractivity contribution in [3.8, 4) is 0 Å². The van der Waals surface area contributed by atoms with Crippen molar-refractivity contribution in [2.24, 2.45) is 26.2 Å². The van der Waals surface area contributed by atoms with Crippen LogP contribution in [0.15, 0.2) is 35.3 Å². The van der Waals surface area contributed by atoms with Gasteiger partial charge < -0.3 is 9.47 Å². The van der Waals surface area contributed by atoms with Gasteiger partial charge in [0.2, 0.25) is 0 Å². The van der Waals surface area contributed by atoms with Crippen LogP contribution in [0.2, 0.25) is 0 Å². The van der Waals surface area contributed by atoms with Crippen molar-refractivity contribution < 1.29 is 99.9 Å². The Balaban J connectivity index is -0.000000738. The van der Waals surface area contributed by atoms with Crippen LogP contribution in [0.5, 0.6) is 0 Å². The van der Waals surface area contributed by atoms with Crippen molar-refractivity contribution in [3.05, 3.63) is 25.3 Å². The number of ether oxygens (including phenoxy) is 2. The number of alkyl halides is 6. The first-order chi connectivity index (χ1) is 18.0. The molecule has 2 aliphatic rings. The largest absolute Gasteiger partial charge is 0.522 e. The molecule has 2 N–H and O–H groups in total. The SMILES string of the molecule is C=CCC(CC=C)(C1=N[C@@H](C(C)(C)C)CO1)C1=N[C@@H](C(C)(C)C)CO1.O=S(=O)(O)C(F)(F)F.O=S(=O)(O)C(F)(F)F.[Cu].[Pt]. The van der Waals surface area contributed by atoms with Crippen molar-refractivity contribution in [2.75, 3.05) is 13.2 Å². The van der Waals surface area contributed by atoms with Crippen molar-refractivity contribution in [3.63, 3.8) is 0 Å². The van der Waals surface area contributed by atoms with E-state index in [1.807, 2.05) is 12.2 Å². The van der Waals surface area contributed by atoms with Crippen LogP contribution in [-0.4, -0.2) is 74.1 Å². The minimum Gasteiger partial charge on any atom is -0.478 e. The first kappa shape index (κ1) is 46.4. The summed E-state index contributed by atoms with van der Waals surface area (Å²) in [6, 6.07) is 0.272. The van der Waals surface area contributed by atoms with E-state index in [1.165, 1.54) is 0 Å². The van der Waals surface area contributed by atoms with Crippen LogP contribution in [0.1, 0.15) is 54.4 Å². The van der Waals surface area contributed by atoms with Gasteiger partial charge in [-0.25, -0.2) is 9.98 Å². The smallest absolute Gasteiger partial charge is 0.478 e. The summed E-state index contributed by atoms with van der Waals surface area (Å²) >= 11 is 0. The Labute approximate surface area is 273 Å². The third-order valence-corrected chi connectivity index (χ3v) is 6.86. The summed E-state index contributed by atoms with van der Waals surface area (Å²) in [4.78, 5) is 9.88. The second kappa shape index (κ2) is 16.5. The molecule has 0 bridgehead atoms. The first-order valence-corrected chi connectivity index (χ1v) is 14.6. The van der Waals surface area contributed by atoms with E-state index in [1.54, 1.807) is 0 Å². The van der Waals surface area contributed by atoms with Crippen molar-refractivity contribution in [1.82, 2.24) is 0 Å². The summed E-state index contributed by atoms with van der Waals surface area (Å²) < 4.78 is 127. The van der Waals surface area contributed by atoms with Crippen molar-refractivity contribution in [1.29, 1.82) is 0 Å². The summed E-state index contributed by atoms with van der Waals surface area (Å²) in [5, 5.41) is 0. The zero-order valence-electron chi connectivity index (χ0n) is 24.0. The average Bonchev–Trinajstić information content (AvgIpc) is 3.42. The molecule has 10 nitrogen and oxygen atoms in total. The molecule has 0 amide bonds. The van der Waals surface area contributed by atoms with Gasteiger partial charge in [-0.05, 0) is 23.7 Å². The standard InChI is InChI=1S/C21H34N2O2.2CHF3O3S.Cu.Pt/c1-9-11-21(12-10-2,17-22-15(13-24-17)19(3,4)5)18-23-16(14-25-18)20(6,7)8;2*2-1(3,4)8(5,6)7;;/h9-10,15-16H,1-2,11-14H2,3-8H3;2*(H,5,6,7);;/t15-,16-;;;;/m1..../s1. The summed E-state index contributed by atoms with van der Waals surface area (Å²) in [6.07, 6.45) is 5.14. The van der Waals surface area contributed by atoms with Crippen LogP contribution in [0.4, 0.5) is 26.3 Å². The second-order valence-corrected chi connectivity index (χ2v) is 14.0. The van der Waals surface area contributed by atoms with Gasteiger partial charge >= 0.3 is 31.3 Å². The Morgan fingerprint density at radius 3 is 1.12 bits per heavy atom. The molecule has 1 radical (unpaired) electrons. The minimum absolute atomic E-state index is 0. The van der Waals surface area contributed by atoms with Gasteiger partial charge in [-0.1, -0.05) is 53.7 Å². The second-order valence-electron chi connectivity index (χ2n) is 11.2. The fourth-order valence-corrected chi connectivity index (χ4v) is 3.18. The molecule has 0 saturated heterocycles. The molecule has 261 valence electrons. The van der Waals surface area contributed by atoms with E-state index in [9.17, 15) is 26.3 Å². The van der Waals surface area contributed by atoms with Crippen molar-refractivity contribution in [2.45, 2.75) is 77.5 Å². The molecule has 2 atom stereocenters. The van der Waals surface area contributed by atoms with E-state index in [-0.39, 0.29) is 61.0 Å². The van der Waals surface area contributed by atoms with Gasteiger partial charge in [0, 0.05) is 38.1 Å². The number of halogens is 6. The molecule has 2 rings (SSSR count). The molecular formula is C23H36CuF6N2O8PtS2. The number of allylic oxidation sites excluding steroid dienone is 2. The first-order valence-electron chi connectivity index (χ1n) is 11.8. The van der Waals surface area contributed by atoms with Crippen LogP contribution < -0.4 is 0 Å². The molecule has 43 heavy (non-hydrogen) atoms. The molecule has 20 heteroatoms. The fourth-order valence-electron chi connectivity index (χ4n) is 3.18. The third-order valence-electron chi connectivity index (χ3n) is 5.69. The van der Waals surface area contributed by atoms with E-state index in [0.717, 1.165) is 11.8 Å². The van der Waals surface area contributed by atoms with Crippen LogP contribution in [0.3, 0.4) is 0 Å². The zero-order chi connectivity index (χ0) is 32.9. The van der Waals surface area contributed by atoms with Gasteiger partial charge in [-0.2, -0.15) is 43.2 Å². The van der Waals surface area contributed by atoms with Gasteiger partial charge in [0.05, 0.1) is 12.1 Å². The van der Waals surface area contributed by atoms with E-state index in [4.69, 9.17) is 45.4 Å². The summed E-state index contributed by atoms with van der Waals surface area (Å²) in [6.45, 7) is 22.2. The van der Waals surface area contributed by atoms with E-state index in [2.05, 4.69) is 54.7 Å². The Bertz CT molecular complexity index is 1120. The van der Waals surface area contributed by atoms with E-state index < -0.39 is 36.7 Å². The number of hydrogen-bond acceptors (Lipinski definition) is 8. The maximum atomic E-state index is 10.7. The Morgan fingerprint density at radius 2 is 0.977 bits per heavy atom. The molecule has 0 spiro atoms. The van der Waals surface area contributed by atoms with Crippen molar-refractivity contribution >= 4 is 32.0 Å². The quantitative estimate of drug-likeness (QED) is 0.115. The van der Waals surface area contributed by atoms with E-state index >= 15 is 0 Å². The molecule has 0 unspecified atom stereocenters. The molecule has 2 heterocycles. The summed E-state index contributed by atoms with van der Waals surface area (Å²) in [7, 11) is -11.7. The minimum atomic E-state index is -5.84. The molecule has 2 aliphatic heterocycles. The molecular weight excluding hydrogens is 869 g/mol. The molecule has 0 saturated carbocycles. The van der Waals surface area contributed by atoms with Gasteiger partial charge in [0.15, 0.2) is 11.8 Å². The van der Waals surface area contributed by atoms with Crippen LogP contribution >= 0.6 is 0 Å². The van der Waals surface area contributed by atoms with Gasteiger partial charge in [0.25, 0.3) is 0 Å². The van der Waals surface area contributed by atoms with Gasteiger partial charge in [0.1, 0.15) is 18.6 Å². The van der Waals surface area contributed by atoms with Crippen LogP contribution in [0.25, 0.3) is 0 Å². The molecule has 0 aliphatic carbocycles. The Morgan fingerprint density at radius 1 is 0.744 bits per heavy atom. The predicted octanol–water partition coefficient (Wildman–Crippen LogP) is 5.59. The normalized spacial score (nSPS) is 19.3. The molecule has 0 aromatic rings. The maximum Gasteiger partial charge on any atom is 0.522 e. The number of nitrogens with zero attached hydrogens (tertiary/aromatic N) is 2. The topological polar surface area (TPSA) is 152 Å². The van der Waals surface area contributed by atoms with Gasteiger partial charge in [-0.15, -0.1) is 13.2 Å². The molecule has 0 fully saturated rings. The van der Waals surface area contributed by atoms with Gasteiger partial charge in [-0.3, -0.25) is 9.11 Å². The van der Waals surface area contributed by atoms with Crippen LogP contribution in [-0.2, 0) is 67.8 Å². The average molecular weight is 905 g/mol. The Hall–Kier alpha value is -0.972. The monoisotopic (exact) mass is 904 g/mol. The number of aliphatic imine (C=N–C) groups is 2. The van der Waals surface area contributed by atoms with E-state index in [0.29, 0.717) is 26.1 Å². The molecule has 0 aromatic heterocycles.